The fourth-order valence-electron chi connectivity index (χ4n) is 4.41. The Kier molecular flexibility index (Phi) is 7.59. The second kappa shape index (κ2) is 9.83. The molecule has 1 saturated heterocycles. The van der Waals surface area contributed by atoms with Gasteiger partial charge in [0.1, 0.15) is 10.7 Å². The Hall–Kier alpha value is -2.56. The molecule has 2 aliphatic rings. The Morgan fingerprint density at radius 1 is 1.23 bits per heavy atom. The third-order valence-electron chi connectivity index (χ3n) is 5.94. The molecule has 1 amide bonds. The second-order valence-corrected chi connectivity index (χ2v) is 15.8. The summed E-state index contributed by atoms with van der Waals surface area (Å²) < 4.78 is 16.6. The van der Waals surface area contributed by atoms with Gasteiger partial charge in [0.2, 0.25) is 12.7 Å². The molecule has 0 spiro atoms. The summed E-state index contributed by atoms with van der Waals surface area (Å²) in [6, 6.07) is 7.02. The van der Waals surface area contributed by atoms with E-state index in [0.717, 1.165) is 5.56 Å². The zero-order chi connectivity index (χ0) is 26.3. The van der Waals surface area contributed by atoms with Gasteiger partial charge >= 0.3 is 11.9 Å². The number of amides is 1. The van der Waals surface area contributed by atoms with Crippen molar-refractivity contribution in [3.63, 3.8) is 0 Å². The number of esters is 2. The maximum Gasteiger partial charge on any atom is 0.358 e. The van der Waals surface area contributed by atoms with Crippen LogP contribution < -0.4 is 5.73 Å². The molecular weight excluding hydrogens is 484 g/mol. The van der Waals surface area contributed by atoms with Crippen molar-refractivity contribution in [1.82, 2.24) is 4.90 Å². The van der Waals surface area contributed by atoms with E-state index in [4.69, 9.17) is 31.9 Å². The number of carbonyl (C=O) groups is 3. The maximum atomic E-state index is 13.2. The molecule has 8 nitrogen and oxygen atoms in total. The van der Waals surface area contributed by atoms with Crippen LogP contribution in [0.5, 0.6) is 0 Å². The standard InChI is InChI=1S/C25H34N2O6SSi/c1-14(33-35(5,6)7)19-18-12-17(15-9-8-10-16(11-15)21(26)34)20(27(18)22(19)28)23(29)31-13-32-24(30)25(2,3)4/h8-11,14,18-19H,12-13H2,1-7H3,(H2,26,34). The van der Waals surface area contributed by atoms with E-state index < -0.39 is 32.5 Å². The maximum absolute atomic E-state index is 13.2. The Balaban J connectivity index is 1.90. The van der Waals surface area contributed by atoms with Gasteiger partial charge in [-0.3, -0.25) is 9.59 Å². The first-order chi connectivity index (χ1) is 16.1. The molecule has 0 saturated carbocycles. The molecule has 10 heteroatoms. The van der Waals surface area contributed by atoms with Gasteiger partial charge in [0.25, 0.3) is 0 Å². The summed E-state index contributed by atoms with van der Waals surface area (Å²) in [4.78, 5) is 40.2. The zero-order valence-electron chi connectivity index (χ0n) is 21.3. The number of carbonyl (C=O) groups excluding carboxylic acids is 3. The van der Waals surface area contributed by atoms with Crippen LogP contribution in [0.4, 0.5) is 0 Å². The summed E-state index contributed by atoms with van der Waals surface area (Å²) in [6.07, 6.45) is 0.186. The van der Waals surface area contributed by atoms with Gasteiger partial charge in [-0.15, -0.1) is 0 Å². The number of hydrogen-bond acceptors (Lipinski definition) is 7. The highest BCUT2D eigenvalue weighted by Crippen LogP contribution is 2.48. The van der Waals surface area contributed by atoms with E-state index in [1.807, 2.05) is 13.0 Å². The van der Waals surface area contributed by atoms with Crippen molar-refractivity contribution in [2.24, 2.45) is 17.1 Å². The highest BCUT2D eigenvalue weighted by molar-refractivity contribution is 7.80. The second-order valence-electron chi connectivity index (χ2n) is 10.9. The van der Waals surface area contributed by atoms with Crippen LogP contribution in [0.1, 0.15) is 45.2 Å². The molecule has 3 unspecified atom stereocenters. The van der Waals surface area contributed by atoms with Gasteiger partial charge in [-0.1, -0.05) is 30.4 Å². The average molecular weight is 519 g/mol. The Bertz CT molecular complexity index is 1090. The molecule has 3 rings (SSSR count). The first-order valence-electron chi connectivity index (χ1n) is 11.6. The number of ether oxygens (including phenoxy) is 2. The Morgan fingerprint density at radius 3 is 2.46 bits per heavy atom. The molecular formula is C25H34N2O6SSi. The van der Waals surface area contributed by atoms with E-state index in [1.54, 1.807) is 39.0 Å². The normalized spacial score (nSPS) is 20.8. The molecule has 35 heavy (non-hydrogen) atoms. The molecule has 3 atom stereocenters. The molecule has 2 N–H and O–H groups in total. The van der Waals surface area contributed by atoms with Gasteiger partial charge in [0.05, 0.1) is 23.5 Å². The van der Waals surface area contributed by atoms with Gasteiger partial charge in [-0.25, -0.2) is 4.79 Å². The van der Waals surface area contributed by atoms with Crippen molar-refractivity contribution in [2.45, 2.75) is 65.9 Å². The monoisotopic (exact) mass is 518 g/mol. The summed E-state index contributed by atoms with van der Waals surface area (Å²) in [5, 5.41) is 0. The number of nitrogens with two attached hydrogens (primary N) is 1. The lowest BCUT2D eigenvalue weighted by Crippen LogP contribution is -2.63. The summed E-state index contributed by atoms with van der Waals surface area (Å²) in [6.45, 7) is 12.7. The van der Waals surface area contributed by atoms with E-state index in [0.29, 0.717) is 17.6 Å². The number of fused-ring (bicyclic) bond motifs is 1. The first-order valence-corrected chi connectivity index (χ1v) is 15.4. The van der Waals surface area contributed by atoms with E-state index in [9.17, 15) is 14.4 Å². The van der Waals surface area contributed by atoms with Crippen LogP contribution in [0.3, 0.4) is 0 Å². The number of rotatable bonds is 8. The first kappa shape index (κ1) is 27.0. The summed E-state index contributed by atoms with van der Waals surface area (Å²) in [5.41, 5.74) is 7.29. The highest BCUT2D eigenvalue weighted by atomic mass is 32.1. The number of benzene rings is 1. The third kappa shape index (κ3) is 5.82. The lowest BCUT2D eigenvalue weighted by atomic mass is 9.82. The smallest absolute Gasteiger partial charge is 0.358 e. The van der Waals surface area contributed by atoms with Crippen LogP contribution in [0, 0.1) is 11.3 Å². The van der Waals surface area contributed by atoms with Crippen LogP contribution in [0.2, 0.25) is 19.6 Å². The summed E-state index contributed by atoms with van der Waals surface area (Å²) in [7, 11) is -1.88. The fourth-order valence-corrected chi connectivity index (χ4v) is 5.80. The van der Waals surface area contributed by atoms with E-state index in [1.165, 1.54) is 4.90 Å². The van der Waals surface area contributed by atoms with Gasteiger partial charge in [-0.2, -0.15) is 0 Å². The van der Waals surface area contributed by atoms with Crippen LogP contribution in [-0.4, -0.2) is 55.0 Å². The fraction of sp³-hybridized carbons (Fsp3) is 0.520. The van der Waals surface area contributed by atoms with Gasteiger partial charge in [0.15, 0.2) is 8.32 Å². The van der Waals surface area contributed by atoms with Crippen molar-refractivity contribution >= 4 is 48.9 Å². The van der Waals surface area contributed by atoms with Gasteiger partial charge in [0, 0.05) is 5.56 Å². The van der Waals surface area contributed by atoms with Crippen molar-refractivity contribution in [2.75, 3.05) is 6.79 Å². The molecule has 1 fully saturated rings. The van der Waals surface area contributed by atoms with Crippen molar-refractivity contribution < 1.29 is 28.3 Å². The molecule has 190 valence electrons. The van der Waals surface area contributed by atoms with Crippen molar-refractivity contribution in [3.05, 3.63) is 41.1 Å². The lowest BCUT2D eigenvalue weighted by Gasteiger charge is -2.47. The molecule has 1 aromatic rings. The molecule has 0 aromatic heterocycles. The minimum absolute atomic E-state index is 0.156. The Labute approximate surface area is 212 Å². The quantitative estimate of drug-likeness (QED) is 0.183. The van der Waals surface area contributed by atoms with Crippen LogP contribution in [0.15, 0.2) is 30.0 Å². The van der Waals surface area contributed by atoms with Gasteiger partial charge in [-0.05, 0) is 71.0 Å². The Morgan fingerprint density at radius 2 is 1.89 bits per heavy atom. The van der Waals surface area contributed by atoms with Crippen LogP contribution >= 0.6 is 12.2 Å². The summed E-state index contributed by atoms with van der Waals surface area (Å²) in [5.74, 6) is -1.76. The molecule has 2 aliphatic heterocycles. The van der Waals surface area contributed by atoms with E-state index >= 15 is 0 Å². The number of thiocarbonyl (C=S) groups is 1. The topological polar surface area (TPSA) is 108 Å². The SMILES string of the molecule is CC(O[Si](C)(C)C)C1C(=O)N2C(C(=O)OCOC(=O)C(C)(C)C)=C(c3cccc(C(N)=S)c3)CC12. The molecule has 2 heterocycles. The molecule has 0 aliphatic carbocycles. The largest absolute Gasteiger partial charge is 0.427 e. The van der Waals surface area contributed by atoms with E-state index in [2.05, 4.69) is 19.6 Å². The molecule has 0 bridgehead atoms. The van der Waals surface area contributed by atoms with Crippen molar-refractivity contribution in [1.29, 1.82) is 0 Å². The zero-order valence-corrected chi connectivity index (χ0v) is 23.2. The number of β-lactam (4-membered cyclic amide) rings is 1. The minimum Gasteiger partial charge on any atom is -0.427 e. The molecule has 1 aromatic carbocycles. The number of hydrogen-bond donors (Lipinski definition) is 1. The van der Waals surface area contributed by atoms with Crippen molar-refractivity contribution in [3.8, 4) is 0 Å². The van der Waals surface area contributed by atoms with E-state index in [-0.39, 0.29) is 34.7 Å². The average Bonchev–Trinajstić information content (AvgIpc) is 3.06. The lowest BCUT2D eigenvalue weighted by molar-refractivity contribution is -0.175. The predicted octanol–water partition coefficient (Wildman–Crippen LogP) is 3.59. The molecule has 0 radical (unpaired) electrons. The number of nitrogens with zero attached hydrogens (tertiary/aromatic N) is 1. The van der Waals surface area contributed by atoms with Crippen LogP contribution in [-0.2, 0) is 28.3 Å². The minimum atomic E-state index is -1.88. The third-order valence-corrected chi connectivity index (χ3v) is 7.25. The van der Waals surface area contributed by atoms with Gasteiger partial charge < -0.3 is 24.5 Å². The summed E-state index contributed by atoms with van der Waals surface area (Å²) >= 11 is 5.11. The highest BCUT2D eigenvalue weighted by Gasteiger charge is 2.57. The van der Waals surface area contributed by atoms with Crippen LogP contribution in [0.25, 0.3) is 5.57 Å². The predicted molar refractivity (Wildman–Crippen MR) is 138 cm³/mol.